The molecule has 21 heavy (non-hydrogen) atoms. The van der Waals surface area contributed by atoms with Gasteiger partial charge in [-0.1, -0.05) is 28.9 Å². The maximum absolute atomic E-state index is 12.0. The van der Waals surface area contributed by atoms with Gasteiger partial charge in [0.1, 0.15) is 0 Å². The van der Waals surface area contributed by atoms with Crippen molar-refractivity contribution in [2.75, 3.05) is 6.26 Å². The summed E-state index contributed by atoms with van der Waals surface area (Å²) in [7, 11) is 0. The van der Waals surface area contributed by atoms with E-state index in [4.69, 9.17) is 22.2 Å². The van der Waals surface area contributed by atoms with Crippen LogP contribution in [-0.2, 0) is 4.84 Å². The summed E-state index contributed by atoms with van der Waals surface area (Å²) in [6.07, 6.45) is 1.89. The van der Waals surface area contributed by atoms with Crippen molar-refractivity contribution in [3.05, 3.63) is 64.7 Å². The van der Waals surface area contributed by atoms with Gasteiger partial charge in [-0.2, -0.15) is 0 Å². The number of hydrogen-bond acceptors (Lipinski definition) is 4. The molecule has 0 aliphatic rings. The van der Waals surface area contributed by atoms with Crippen LogP contribution in [0.3, 0.4) is 0 Å². The number of nitrogens with zero attached hydrogens (tertiary/aromatic N) is 1. The summed E-state index contributed by atoms with van der Waals surface area (Å²) in [5, 5.41) is 4.26. The zero-order valence-corrected chi connectivity index (χ0v) is 12.8. The van der Waals surface area contributed by atoms with Crippen molar-refractivity contribution in [3.63, 3.8) is 0 Å². The van der Waals surface area contributed by atoms with E-state index in [1.807, 2.05) is 18.4 Å². The predicted molar refractivity (Wildman–Crippen MR) is 85.8 cm³/mol. The molecule has 0 aliphatic carbocycles. The highest BCUT2D eigenvalue weighted by atomic mass is 35.5. The van der Waals surface area contributed by atoms with Crippen LogP contribution in [0.4, 0.5) is 0 Å². The molecule has 0 saturated heterocycles. The van der Waals surface area contributed by atoms with Crippen molar-refractivity contribution in [1.82, 2.24) is 0 Å². The smallest absolute Gasteiger partial charge is 0.366 e. The molecule has 0 aromatic heterocycles. The molecule has 0 amide bonds. The summed E-state index contributed by atoms with van der Waals surface area (Å²) >= 11 is 7.25. The van der Waals surface area contributed by atoms with E-state index in [1.165, 1.54) is 11.8 Å². The number of thioether (sulfide) groups is 1. The molecule has 0 atom stereocenters. The highest BCUT2D eigenvalue weighted by Gasteiger charge is 2.12. The van der Waals surface area contributed by atoms with Crippen LogP contribution in [0.25, 0.3) is 0 Å². The summed E-state index contributed by atoms with van der Waals surface area (Å²) in [5.41, 5.74) is 6.85. The number of amidine groups is 1. The molecule has 0 bridgehead atoms. The number of carbonyl (C=O) groups is 1. The van der Waals surface area contributed by atoms with E-state index in [-0.39, 0.29) is 5.84 Å². The predicted octanol–water partition coefficient (Wildman–Crippen LogP) is 3.54. The molecular formula is C15H13ClN2O2S. The number of benzene rings is 2. The van der Waals surface area contributed by atoms with Crippen LogP contribution in [0.2, 0.25) is 5.02 Å². The minimum Gasteiger partial charge on any atom is -0.380 e. The minimum absolute atomic E-state index is 0.113. The van der Waals surface area contributed by atoms with Crippen molar-refractivity contribution in [2.45, 2.75) is 4.90 Å². The number of oxime groups is 1. The van der Waals surface area contributed by atoms with Crippen molar-refractivity contribution in [3.8, 4) is 0 Å². The lowest BCUT2D eigenvalue weighted by Crippen LogP contribution is -2.15. The third kappa shape index (κ3) is 4.00. The van der Waals surface area contributed by atoms with Gasteiger partial charge in [0.15, 0.2) is 5.84 Å². The lowest BCUT2D eigenvalue weighted by molar-refractivity contribution is 0.0512. The van der Waals surface area contributed by atoms with Crippen LogP contribution < -0.4 is 5.73 Å². The first kappa shape index (κ1) is 15.4. The fourth-order valence-corrected chi connectivity index (χ4v) is 2.34. The molecule has 0 radical (unpaired) electrons. The van der Waals surface area contributed by atoms with Crippen LogP contribution in [-0.4, -0.2) is 18.1 Å². The Morgan fingerprint density at radius 2 is 1.86 bits per heavy atom. The Kier molecular flexibility index (Phi) is 5.25. The molecule has 108 valence electrons. The zero-order valence-electron chi connectivity index (χ0n) is 11.2. The average Bonchev–Trinajstić information content (AvgIpc) is 2.52. The Balaban J connectivity index is 2.12. The topological polar surface area (TPSA) is 64.7 Å². The molecule has 4 nitrogen and oxygen atoms in total. The van der Waals surface area contributed by atoms with E-state index in [1.54, 1.807) is 36.4 Å². The first-order valence-corrected chi connectivity index (χ1v) is 7.66. The second kappa shape index (κ2) is 7.15. The van der Waals surface area contributed by atoms with E-state index in [9.17, 15) is 4.79 Å². The van der Waals surface area contributed by atoms with Gasteiger partial charge in [-0.3, -0.25) is 0 Å². The third-order valence-corrected chi connectivity index (χ3v) is 3.74. The zero-order chi connectivity index (χ0) is 15.2. The molecule has 2 rings (SSSR count). The fraction of sp³-hybridized carbons (Fsp3) is 0.0667. The lowest BCUT2D eigenvalue weighted by atomic mass is 10.2. The molecule has 2 N–H and O–H groups in total. The Hall–Kier alpha value is -1.98. The Morgan fingerprint density at radius 3 is 2.52 bits per heavy atom. The van der Waals surface area contributed by atoms with Crippen LogP contribution in [0.1, 0.15) is 15.9 Å². The van der Waals surface area contributed by atoms with Gasteiger partial charge in [0.25, 0.3) is 0 Å². The van der Waals surface area contributed by atoms with E-state index in [0.29, 0.717) is 16.1 Å². The van der Waals surface area contributed by atoms with Gasteiger partial charge < -0.3 is 10.6 Å². The quantitative estimate of drug-likeness (QED) is 0.308. The van der Waals surface area contributed by atoms with Gasteiger partial charge in [-0.05, 0) is 42.7 Å². The molecular weight excluding hydrogens is 308 g/mol. The van der Waals surface area contributed by atoms with E-state index in [0.717, 1.165) is 4.90 Å². The maximum Gasteiger partial charge on any atom is 0.366 e. The molecule has 0 unspecified atom stereocenters. The second-order valence-corrected chi connectivity index (χ2v) is 5.35. The van der Waals surface area contributed by atoms with Crippen molar-refractivity contribution >= 4 is 35.2 Å². The standard InChI is InChI=1S/C15H13ClN2O2S/c1-21-13-5-3-2-4-12(13)15(19)20-18-14(17)10-6-8-11(16)9-7-10/h2-9H,1H3,(H2,17,18). The van der Waals surface area contributed by atoms with Crippen molar-refractivity contribution in [1.29, 1.82) is 0 Å². The molecule has 2 aromatic carbocycles. The van der Waals surface area contributed by atoms with E-state index < -0.39 is 5.97 Å². The second-order valence-electron chi connectivity index (χ2n) is 4.06. The summed E-state index contributed by atoms with van der Waals surface area (Å²) in [6, 6.07) is 13.9. The van der Waals surface area contributed by atoms with Gasteiger partial charge in [0, 0.05) is 15.5 Å². The average molecular weight is 321 g/mol. The van der Waals surface area contributed by atoms with E-state index >= 15 is 0 Å². The van der Waals surface area contributed by atoms with Crippen LogP contribution in [0.15, 0.2) is 58.6 Å². The van der Waals surface area contributed by atoms with Gasteiger partial charge in [0.2, 0.25) is 0 Å². The van der Waals surface area contributed by atoms with Crippen molar-refractivity contribution in [2.24, 2.45) is 10.9 Å². The molecule has 0 spiro atoms. The molecule has 6 heteroatoms. The van der Waals surface area contributed by atoms with Gasteiger partial charge >= 0.3 is 5.97 Å². The number of nitrogens with two attached hydrogens (primary N) is 1. The highest BCUT2D eigenvalue weighted by molar-refractivity contribution is 7.98. The molecule has 0 aliphatic heterocycles. The summed E-state index contributed by atoms with van der Waals surface area (Å²) in [4.78, 5) is 17.7. The monoisotopic (exact) mass is 320 g/mol. The highest BCUT2D eigenvalue weighted by Crippen LogP contribution is 2.20. The molecule has 0 fully saturated rings. The van der Waals surface area contributed by atoms with E-state index in [2.05, 4.69) is 5.16 Å². The molecule has 2 aromatic rings. The Morgan fingerprint density at radius 1 is 1.19 bits per heavy atom. The van der Waals surface area contributed by atoms with Crippen LogP contribution >= 0.6 is 23.4 Å². The maximum atomic E-state index is 12.0. The summed E-state index contributed by atoms with van der Waals surface area (Å²) in [5.74, 6) is -0.432. The molecule has 0 saturated carbocycles. The minimum atomic E-state index is -0.545. The number of rotatable bonds is 4. The first-order chi connectivity index (χ1) is 10.1. The SMILES string of the molecule is CSc1ccccc1C(=O)O/N=C(/N)c1ccc(Cl)cc1. The van der Waals surface area contributed by atoms with Gasteiger partial charge in [0.05, 0.1) is 5.56 Å². The Bertz CT molecular complexity index is 672. The molecule has 0 heterocycles. The lowest BCUT2D eigenvalue weighted by Gasteiger charge is -2.04. The van der Waals surface area contributed by atoms with Crippen LogP contribution in [0, 0.1) is 0 Å². The number of carbonyl (C=O) groups excluding carboxylic acids is 1. The van der Waals surface area contributed by atoms with Crippen molar-refractivity contribution < 1.29 is 9.63 Å². The summed E-state index contributed by atoms with van der Waals surface area (Å²) < 4.78 is 0. The Labute approximate surface area is 131 Å². The fourth-order valence-electron chi connectivity index (χ4n) is 1.63. The first-order valence-electron chi connectivity index (χ1n) is 6.05. The third-order valence-electron chi connectivity index (χ3n) is 2.69. The number of hydrogen-bond donors (Lipinski definition) is 1. The summed E-state index contributed by atoms with van der Waals surface area (Å²) in [6.45, 7) is 0. The van der Waals surface area contributed by atoms with Gasteiger partial charge in [-0.15, -0.1) is 11.8 Å². The normalized spacial score (nSPS) is 11.2. The number of halogens is 1. The van der Waals surface area contributed by atoms with Gasteiger partial charge in [-0.25, -0.2) is 4.79 Å². The van der Waals surface area contributed by atoms with Crippen LogP contribution in [0.5, 0.6) is 0 Å². The largest absolute Gasteiger partial charge is 0.380 e.